The van der Waals surface area contributed by atoms with Crippen LogP contribution < -0.4 is 15.0 Å². The number of piperazine rings is 1. The highest BCUT2D eigenvalue weighted by atomic mass is 127. The predicted molar refractivity (Wildman–Crippen MR) is 141 cm³/mol. The van der Waals surface area contributed by atoms with Crippen LogP contribution in [0, 0.1) is 0 Å². The number of thiophene rings is 1. The monoisotopic (exact) mass is 569 g/mol. The van der Waals surface area contributed by atoms with E-state index in [1.54, 1.807) is 0 Å². The lowest BCUT2D eigenvalue weighted by Gasteiger charge is -2.36. The lowest BCUT2D eigenvalue weighted by atomic mass is 10.2. The zero-order chi connectivity index (χ0) is 21.5. The van der Waals surface area contributed by atoms with Gasteiger partial charge in [0.2, 0.25) is 0 Å². The first kappa shape index (κ1) is 24.8. The summed E-state index contributed by atoms with van der Waals surface area (Å²) in [6, 6.07) is 12.0. The summed E-state index contributed by atoms with van der Waals surface area (Å²) in [6.45, 7) is 9.48. The van der Waals surface area contributed by atoms with E-state index in [1.807, 2.05) is 40.5 Å². The van der Waals surface area contributed by atoms with Gasteiger partial charge in [-0.1, -0.05) is 18.2 Å². The molecule has 32 heavy (non-hydrogen) atoms. The third-order valence-corrected chi connectivity index (χ3v) is 6.44. The van der Waals surface area contributed by atoms with E-state index < -0.39 is 0 Å². The summed E-state index contributed by atoms with van der Waals surface area (Å²) in [4.78, 5) is 25.3. The molecule has 1 fully saturated rings. The van der Waals surface area contributed by atoms with E-state index in [1.165, 1.54) is 4.88 Å². The number of hydrogen-bond acceptors (Lipinski definition) is 5. The summed E-state index contributed by atoms with van der Waals surface area (Å²) in [5.74, 6) is 1.77. The van der Waals surface area contributed by atoms with E-state index in [-0.39, 0.29) is 36.5 Å². The molecule has 0 bridgehead atoms. The number of anilines is 1. The molecule has 2 aliphatic heterocycles. The number of amides is 1. The SMILES string of the molecule is CCNC(=NCCCN1C(=O)COc2ccccc21)N1CCN(Cc2cccs2)CC1.I. The number of hydrogen-bond donors (Lipinski definition) is 1. The summed E-state index contributed by atoms with van der Waals surface area (Å²) >= 11 is 1.83. The Bertz CT molecular complexity index is 884. The highest BCUT2D eigenvalue weighted by molar-refractivity contribution is 14.0. The Balaban J connectivity index is 0.00000289. The number of guanidine groups is 1. The van der Waals surface area contributed by atoms with E-state index in [0.717, 1.165) is 63.1 Å². The Morgan fingerprint density at radius 2 is 1.97 bits per heavy atom. The van der Waals surface area contributed by atoms with Crippen LogP contribution in [-0.4, -0.2) is 74.1 Å². The second-order valence-electron chi connectivity index (χ2n) is 7.73. The number of carbonyl (C=O) groups is 1. The maximum Gasteiger partial charge on any atom is 0.265 e. The number of nitrogens with one attached hydrogen (secondary N) is 1. The zero-order valence-electron chi connectivity index (χ0n) is 18.5. The number of fused-ring (bicyclic) bond motifs is 1. The molecule has 0 spiro atoms. The number of aliphatic imine (C=N–C) groups is 1. The highest BCUT2D eigenvalue weighted by Gasteiger charge is 2.24. The van der Waals surface area contributed by atoms with Crippen LogP contribution in [0.3, 0.4) is 0 Å². The van der Waals surface area contributed by atoms with Crippen LogP contribution in [0.1, 0.15) is 18.2 Å². The molecule has 3 heterocycles. The Kier molecular flexibility index (Phi) is 9.61. The number of carbonyl (C=O) groups excluding carboxylic acids is 1. The minimum Gasteiger partial charge on any atom is -0.482 e. The smallest absolute Gasteiger partial charge is 0.265 e. The number of benzene rings is 1. The number of ether oxygens (including phenoxy) is 1. The number of para-hydroxylation sites is 2. The van der Waals surface area contributed by atoms with E-state index >= 15 is 0 Å². The van der Waals surface area contributed by atoms with Crippen LogP contribution in [-0.2, 0) is 11.3 Å². The van der Waals surface area contributed by atoms with Crippen molar-refractivity contribution in [3.63, 3.8) is 0 Å². The maximum absolute atomic E-state index is 12.3. The van der Waals surface area contributed by atoms with Gasteiger partial charge in [-0.25, -0.2) is 0 Å². The molecule has 7 nitrogen and oxygen atoms in total. The first-order valence-electron chi connectivity index (χ1n) is 11.0. The van der Waals surface area contributed by atoms with Gasteiger partial charge in [-0.05, 0) is 36.9 Å². The molecule has 4 rings (SSSR count). The molecule has 2 aliphatic rings. The van der Waals surface area contributed by atoms with Gasteiger partial charge in [0.15, 0.2) is 12.6 Å². The number of nitrogens with zero attached hydrogens (tertiary/aromatic N) is 4. The van der Waals surface area contributed by atoms with Gasteiger partial charge in [0.25, 0.3) is 5.91 Å². The van der Waals surface area contributed by atoms with Gasteiger partial charge < -0.3 is 19.9 Å². The summed E-state index contributed by atoms with van der Waals surface area (Å²) in [7, 11) is 0. The second kappa shape index (κ2) is 12.4. The average molecular weight is 570 g/mol. The summed E-state index contributed by atoms with van der Waals surface area (Å²) < 4.78 is 5.52. The van der Waals surface area contributed by atoms with Gasteiger partial charge >= 0.3 is 0 Å². The summed E-state index contributed by atoms with van der Waals surface area (Å²) in [6.07, 6.45) is 0.813. The lowest BCUT2D eigenvalue weighted by Crippen LogP contribution is -2.52. The first-order chi connectivity index (χ1) is 15.2. The quantitative estimate of drug-likeness (QED) is 0.240. The largest absolute Gasteiger partial charge is 0.482 e. The van der Waals surface area contributed by atoms with Crippen molar-refractivity contribution in [1.29, 1.82) is 0 Å². The molecule has 9 heteroatoms. The van der Waals surface area contributed by atoms with Crippen LogP contribution in [0.2, 0.25) is 0 Å². The van der Waals surface area contributed by atoms with E-state index in [4.69, 9.17) is 9.73 Å². The van der Waals surface area contributed by atoms with Crippen molar-refractivity contribution in [2.75, 3.05) is 57.3 Å². The molecule has 174 valence electrons. The summed E-state index contributed by atoms with van der Waals surface area (Å²) in [5, 5.41) is 5.58. The second-order valence-corrected chi connectivity index (χ2v) is 8.77. The third kappa shape index (κ3) is 6.35. The molecule has 1 aromatic heterocycles. The molecule has 0 radical (unpaired) electrons. The lowest BCUT2D eigenvalue weighted by molar-refractivity contribution is -0.121. The van der Waals surface area contributed by atoms with Gasteiger partial charge in [-0.3, -0.25) is 14.7 Å². The van der Waals surface area contributed by atoms with Gasteiger partial charge in [-0.2, -0.15) is 0 Å². The van der Waals surface area contributed by atoms with Crippen LogP contribution in [0.25, 0.3) is 0 Å². The van der Waals surface area contributed by atoms with Crippen LogP contribution in [0.4, 0.5) is 5.69 Å². The van der Waals surface area contributed by atoms with E-state index in [9.17, 15) is 4.79 Å². The van der Waals surface area contributed by atoms with Crippen molar-refractivity contribution in [1.82, 2.24) is 15.1 Å². The first-order valence-corrected chi connectivity index (χ1v) is 11.9. The molecule has 2 aromatic rings. The third-order valence-electron chi connectivity index (χ3n) is 5.58. The molecule has 1 N–H and O–H groups in total. The Hall–Kier alpha value is -1.85. The topological polar surface area (TPSA) is 60.4 Å². The van der Waals surface area contributed by atoms with E-state index in [0.29, 0.717) is 13.1 Å². The van der Waals surface area contributed by atoms with Crippen molar-refractivity contribution < 1.29 is 9.53 Å². The van der Waals surface area contributed by atoms with Gasteiger partial charge in [-0.15, -0.1) is 35.3 Å². The van der Waals surface area contributed by atoms with Crippen molar-refractivity contribution >= 4 is 52.9 Å². The van der Waals surface area contributed by atoms with Gasteiger partial charge in [0.1, 0.15) is 5.75 Å². The molecule has 1 saturated heterocycles. The standard InChI is InChI=1S/C23H31N5O2S.HI/c1-2-24-23(27-14-12-26(13-15-27)17-19-7-5-16-31-19)25-10-6-11-28-20-8-3-4-9-21(20)30-18-22(28)29;/h3-5,7-9,16H,2,6,10-15,17-18H2,1H3,(H,24,25);1H. The molecule has 0 atom stereocenters. The van der Waals surface area contributed by atoms with Gasteiger partial charge in [0.05, 0.1) is 5.69 Å². The fourth-order valence-corrected chi connectivity index (χ4v) is 4.73. The number of rotatable bonds is 7. The Morgan fingerprint density at radius 3 is 2.72 bits per heavy atom. The number of halogens is 1. The Labute approximate surface area is 211 Å². The van der Waals surface area contributed by atoms with E-state index in [2.05, 4.69) is 39.6 Å². The molecular formula is C23H32IN5O2S. The van der Waals surface area contributed by atoms with Crippen LogP contribution in [0.15, 0.2) is 46.8 Å². The molecular weight excluding hydrogens is 537 g/mol. The molecule has 0 unspecified atom stereocenters. The van der Waals surface area contributed by atoms with Gasteiger partial charge in [0, 0.05) is 57.2 Å². The minimum absolute atomic E-state index is 0. The fourth-order valence-electron chi connectivity index (χ4n) is 3.98. The predicted octanol–water partition coefficient (Wildman–Crippen LogP) is 3.26. The van der Waals surface area contributed by atoms with Crippen molar-refractivity contribution in [3.05, 3.63) is 46.7 Å². The maximum atomic E-state index is 12.3. The Morgan fingerprint density at radius 1 is 1.16 bits per heavy atom. The average Bonchev–Trinajstić information content (AvgIpc) is 3.31. The molecule has 0 saturated carbocycles. The van der Waals surface area contributed by atoms with Crippen LogP contribution >= 0.6 is 35.3 Å². The van der Waals surface area contributed by atoms with Crippen molar-refractivity contribution in [3.8, 4) is 5.75 Å². The minimum atomic E-state index is 0. The molecule has 1 amide bonds. The molecule has 0 aliphatic carbocycles. The highest BCUT2D eigenvalue weighted by Crippen LogP contribution is 2.31. The van der Waals surface area contributed by atoms with Crippen LogP contribution in [0.5, 0.6) is 5.75 Å². The normalized spacial score (nSPS) is 16.9. The summed E-state index contributed by atoms with van der Waals surface area (Å²) in [5.41, 5.74) is 0.858. The molecule has 1 aromatic carbocycles. The van der Waals surface area contributed by atoms with Crippen molar-refractivity contribution in [2.45, 2.75) is 19.9 Å². The zero-order valence-corrected chi connectivity index (χ0v) is 21.7. The van der Waals surface area contributed by atoms with Crippen molar-refractivity contribution in [2.24, 2.45) is 4.99 Å². The fraction of sp³-hybridized carbons (Fsp3) is 0.478.